The third-order valence-corrected chi connectivity index (χ3v) is 0.925. The van der Waals surface area contributed by atoms with Crippen molar-refractivity contribution in [2.24, 2.45) is 5.73 Å². The number of rotatable bonds is 2. The second-order valence-corrected chi connectivity index (χ2v) is 2.20. The van der Waals surface area contributed by atoms with Gasteiger partial charge in [-0.1, -0.05) is 13.2 Å². The largest absolute Gasteiger partial charge is 1.00 e. The third kappa shape index (κ3) is 19.8. The van der Waals surface area contributed by atoms with E-state index in [-0.39, 0.29) is 29.6 Å². The number of nitrogens with two attached hydrogens (primary N) is 1. The fourth-order valence-electron chi connectivity index (χ4n) is 0.303. The molecule has 1 aliphatic rings. The average Bonchev–Trinajstić information content (AvgIpc) is 2.64. The molecule has 0 fully saturated rings. The van der Waals surface area contributed by atoms with E-state index < -0.39 is 23.8 Å². The molecule has 8 heteroatoms. The fourth-order valence-corrected chi connectivity index (χ4v) is 0.303. The number of amides is 1. The number of aliphatic carboxylic acids is 1. The normalized spacial score (nSPS) is 10.4. The zero-order chi connectivity index (χ0) is 13.8. The minimum Gasteiger partial charge on any atom is -0.545 e. The van der Waals surface area contributed by atoms with Gasteiger partial charge in [0.15, 0.2) is 0 Å². The summed E-state index contributed by atoms with van der Waals surface area (Å²) in [4.78, 5) is 38.5. The topological polar surface area (TPSA) is 127 Å². The van der Waals surface area contributed by atoms with Crippen molar-refractivity contribution in [3.05, 3.63) is 37.5 Å². The predicted molar refractivity (Wildman–Crippen MR) is 54.8 cm³/mol. The van der Waals surface area contributed by atoms with Gasteiger partial charge in [0, 0.05) is 12.2 Å². The van der Waals surface area contributed by atoms with E-state index in [0.717, 1.165) is 24.3 Å². The summed E-state index contributed by atoms with van der Waals surface area (Å²) >= 11 is 0. The van der Waals surface area contributed by atoms with E-state index in [4.69, 9.17) is 9.90 Å². The molecule has 0 bridgehead atoms. The van der Waals surface area contributed by atoms with E-state index in [0.29, 0.717) is 0 Å². The average molecular weight is 263 g/mol. The molecule has 0 unspecified atom stereocenters. The Morgan fingerprint density at radius 3 is 1.50 bits per heavy atom. The Kier molecular flexibility index (Phi) is 16.0. The van der Waals surface area contributed by atoms with E-state index in [1.807, 2.05) is 0 Å². The second kappa shape index (κ2) is 13.4. The maximum Gasteiger partial charge on any atom is 1.00 e. The molecular formula is C10H10NNaO6. The van der Waals surface area contributed by atoms with Crippen molar-refractivity contribution in [2.45, 2.75) is 0 Å². The zero-order valence-corrected chi connectivity index (χ0v) is 11.8. The Labute approximate surface area is 125 Å². The number of esters is 2. The molecule has 0 aromatic heterocycles. The molecule has 0 atom stereocenters. The molecule has 92 valence electrons. The van der Waals surface area contributed by atoms with Crippen LogP contribution in [0.2, 0.25) is 0 Å². The van der Waals surface area contributed by atoms with Crippen LogP contribution in [0.1, 0.15) is 0 Å². The van der Waals surface area contributed by atoms with Crippen molar-refractivity contribution < 1.29 is 58.6 Å². The molecule has 1 aliphatic heterocycles. The number of ether oxygens (including phenoxy) is 1. The zero-order valence-electron chi connectivity index (χ0n) is 9.75. The first-order valence-corrected chi connectivity index (χ1v) is 4.02. The summed E-state index contributed by atoms with van der Waals surface area (Å²) < 4.78 is 3.97. The smallest absolute Gasteiger partial charge is 0.545 e. The Morgan fingerprint density at radius 2 is 1.44 bits per heavy atom. The van der Waals surface area contributed by atoms with Crippen molar-refractivity contribution in [3.63, 3.8) is 0 Å². The van der Waals surface area contributed by atoms with Crippen LogP contribution in [-0.4, -0.2) is 23.8 Å². The maximum absolute atomic E-state index is 9.92. The van der Waals surface area contributed by atoms with Crippen LogP contribution in [-0.2, 0) is 23.9 Å². The van der Waals surface area contributed by atoms with Gasteiger partial charge in [-0.3, -0.25) is 4.79 Å². The molecule has 0 radical (unpaired) electrons. The molecule has 0 aliphatic carbocycles. The van der Waals surface area contributed by atoms with Gasteiger partial charge < -0.3 is 20.4 Å². The molecule has 0 saturated heterocycles. The van der Waals surface area contributed by atoms with Gasteiger partial charge in [-0.05, 0) is 12.2 Å². The molecule has 0 saturated carbocycles. The number of carbonyl (C=O) groups is 4. The number of primary amides is 1. The van der Waals surface area contributed by atoms with Crippen LogP contribution in [0.3, 0.4) is 0 Å². The molecular weight excluding hydrogens is 253 g/mol. The Morgan fingerprint density at radius 1 is 1.17 bits per heavy atom. The van der Waals surface area contributed by atoms with Crippen molar-refractivity contribution in [1.82, 2.24) is 0 Å². The summed E-state index contributed by atoms with van der Waals surface area (Å²) in [6.45, 7) is 5.98. The molecule has 1 amide bonds. The van der Waals surface area contributed by atoms with Crippen LogP contribution in [0.4, 0.5) is 0 Å². The second-order valence-electron chi connectivity index (χ2n) is 2.20. The van der Waals surface area contributed by atoms with E-state index in [1.54, 1.807) is 0 Å². The van der Waals surface area contributed by atoms with Gasteiger partial charge in [0.25, 0.3) is 0 Å². The molecule has 2 N–H and O–H groups in total. The molecule has 0 aromatic rings. The molecule has 0 aromatic carbocycles. The van der Waals surface area contributed by atoms with Crippen LogP contribution in [0.5, 0.6) is 0 Å². The fraction of sp³-hybridized carbons (Fsp3) is 0. The van der Waals surface area contributed by atoms with E-state index in [2.05, 4.69) is 23.6 Å². The predicted octanol–water partition coefficient (Wildman–Crippen LogP) is -4.79. The third-order valence-electron chi connectivity index (χ3n) is 0.925. The number of carboxylic acid groups (broad SMARTS) is 1. The summed E-state index contributed by atoms with van der Waals surface area (Å²) in [6.07, 6.45) is 3.95. The van der Waals surface area contributed by atoms with Gasteiger partial charge in [0.2, 0.25) is 5.91 Å². The number of hydrogen-bond acceptors (Lipinski definition) is 6. The van der Waals surface area contributed by atoms with Crippen LogP contribution in [0, 0.1) is 0 Å². The van der Waals surface area contributed by atoms with E-state index in [1.165, 1.54) is 0 Å². The summed E-state index contributed by atoms with van der Waals surface area (Å²) in [5, 5.41) is 9.14. The van der Waals surface area contributed by atoms with Crippen LogP contribution < -0.4 is 40.4 Å². The van der Waals surface area contributed by atoms with Crippen LogP contribution in [0.25, 0.3) is 0 Å². The standard InChI is InChI=1S/C4H2O3.C3H5NO.C3H4O2.Na/c5-3-1-2-4(6)7-3;2*1-2-3(4)5;/h1-2H;2H,1H2,(H2,4,5);2H,1H2,(H,4,5);/q;;;+1/p-1. The molecule has 1 rings (SSSR count). The van der Waals surface area contributed by atoms with Gasteiger partial charge in [-0.25, -0.2) is 9.59 Å². The summed E-state index contributed by atoms with van der Waals surface area (Å²) in [5.74, 6) is -2.87. The van der Waals surface area contributed by atoms with Crippen LogP contribution >= 0.6 is 0 Å². The Bertz CT molecular complexity index is 341. The van der Waals surface area contributed by atoms with Crippen molar-refractivity contribution in [3.8, 4) is 0 Å². The van der Waals surface area contributed by atoms with Gasteiger partial charge in [-0.2, -0.15) is 0 Å². The summed E-state index contributed by atoms with van der Waals surface area (Å²) in [7, 11) is 0. The SMILES string of the molecule is C=CC(=O)[O-].C=CC(N)=O.O=C1C=CC(=O)O1.[Na+]. The van der Waals surface area contributed by atoms with Gasteiger partial charge in [0.1, 0.15) is 0 Å². The number of carboxylic acids is 1. The van der Waals surface area contributed by atoms with Gasteiger partial charge in [-0.15, -0.1) is 0 Å². The Hall–Kier alpha value is -1.70. The molecule has 7 nitrogen and oxygen atoms in total. The first-order valence-electron chi connectivity index (χ1n) is 4.02. The molecule has 1 heterocycles. The van der Waals surface area contributed by atoms with Crippen molar-refractivity contribution >= 4 is 23.8 Å². The maximum atomic E-state index is 9.92. The van der Waals surface area contributed by atoms with Gasteiger partial charge in [0.05, 0.1) is 5.97 Å². The van der Waals surface area contributed by atoms with E-state index >= 15 is 0 Å². The molecule has 0 spiro atoms. The van der Waals surface area contributed by atoms with Crippen molar-refractivity contribution in [1.29, 1.82) is 0 Å². The number of cyclic esters (lactones) is 2. The number of carbonyl (C=O) groups excluding carboxylic acids is 4. The minimum absolute atomic E-state index is 0. The number of hydrogen-bond donors (Lipinski definition) is 1. The Balaban J connectivity index is -0.000000188. The first kappa shape index (κ1) is 21.6. The van der Waals surface area contributed by atoms with Gasteiger partial charge >= 0.3 is 41.5 Å². The quantitative estimate of drug-likeness (QED) is 0.230. The molecule has 18 heavy (non-hydrogen) atoms. The minimum atomic E-state index is -1.23. The first-order chi connectivity index (χ1) is 7.83. The monoisotopic (exact) mass is 263 g/mol. The summed E-state index contributed by atoms with van der Waals surface area (Å²) in [5.41, 5.74) is 4.53. The van der Waals surface area contributed by atoms with E-state index in [9.17, 15) is 14.4 Å². The summed E-state index contributed by atoms with van der Waals surface area (Å²) in [6, 6.07) is 0. The van der Waals surface area contributed by atoms with Crippen molar-refractivity contribution in [2.75, 3.05) is 0 Å². The van der Waals surface area contributed by atoms with Crippen LogP contribution in [0.15, 0.2) is 37.5 Å².